The summed E-state index contributed by atoms with van der Waals surface area (Å²) in [7, 11) is 1.96. The van der Waals surface area contributed by atoms with Crippen LogP contribution in [0.5, 0.6) is 0 Å². The van der Waals surface area contributed by atoms with E-state index >= 15 is 0 Å². The molecule has 0 spiro atoms. The van der Waals surface area contributed by atoms with E-state index in [9.17, 15) is 4.79 Å². The van der Waals surface area contributed by atoms with Crippen molar-refractivity contribution in [3.05, 3.63) is 36.0 Å². The molecule has 1 aromatic heterocycles. The van der Waals surface area contributed by atoms with Gasteiger partial charge >= 0.3 is 5.97 Å². The normalized spacial score (nSPS) is 11.0. The number of hydrogen-bond donors (Lipinski definition) is 1. The van der Waals surface area contributed by atoms with Crippen molar-refractivity contribution < 1.29 is 14.6 Å². The molecule has 0 saturated carbocycles. The van der Waals surface area contributed by atoms with Crippen molar-refractivity contribution in [3.63, 3.8) is 0 Å². The van der Waals surface area contributed by atoms with E-state index in [1.54, 1.807) is 12.3 Å². The fraction of sp³-hybridized carbons (Fsp3) is 0.444. The fourth-order valence-electron chi connectivity index (χ4n) is 2.31. The first kappa shape index (κ1) is 17.2. The summed E-state index contributed by atoms with van der Waals surface area (Å²) in [6, 6.07) is 7.52. The molecule has 124 valence electrons. The van der Waals surface area contributed by atoms with E-state index in [0.29, 0.717) is 24.5 Å². The highest BCUT2D eigenvalue weighted by molar-refractivity contribution is 6.04. The molecule has 5 heteroatoms. The van der Waals surface area contributed by atoms with Crippen molar-refractivity contribution in [2.24, 2.45) is 5.92 Å². The number of aliphatic hydroxyl groups is 1. The summed E-state index contributed by atoms with van der Waals surface area (Å²) in [5.41, 5.74) is 2.29. The number of carbonyl (C=O) groups excluding carboxylic acids is 1. The summed E-state index contributed by atoms with van der Waals surface area (Å²) in [6.45, 7) is 5.32. The minimum atomic E-state index is -0.318. The van der Waals surface area contributed by atoms with Crippen LogP contribution < -0.4 is 4.90 Å². The van der Waals surface area contributed by atoms with E-state index in [-0.39, 0.29) is 12.6 Å². The van der Waals surface area contributed by atoms with Crippen molar-refractivity contribution in [3.8, 4) is 0 Å². The van der Waals surface area contributed by atoms with E-state index in [1.165, 1.54) is 0 Å². The second-order valence-corrected chi connectivity index (χ2v) is 6.05. The smallest absolute Gasteiger partial charge is 0.338 e. The number of carbonyl (C=O) groups is 1. The number of nitrogens with zero attached hydrogens (tertiary/aromatic N) is 2. The van der Waals surface area contributed by atoms with Crippen molar-refractivity contribution >= 4 is 22.6 Å². The van der Waals surface area contributed by atoms with Crippen LogP contribution in [0.1, 0.15) is 30.6 Å². The molecule has 1 heterocycles. The van der Waals surface area contributed by atoms with Gasteiger partial charge in [-0.3, -0.25) is 4.98 Å². The zero-order chi connectivity index (χ0) is 16.8. The molecule has 0 bridgehead atoms. The highest BCUT2D eigenvalue weighted by Gasteiger charge is 2.14. The summed E-state index contributed by atoms with van der Waals surface area (Å²) >= 11 is 0. The third kappa shape index (κ3) is 4.42. The minimum absolute atomic E-state index is 0.159. The van der Waals surface area contributed by atoms with Gasteiger partial charge in [0.15, 0.2) is 0 Å². The molecular formula is C18H24N2O3. The van der Waals surface area contributed by atoms with Crippen LogP contribution in [0.3, 0.4) is 0 Å². The molecule has 1 aromatic carbocycles. The number of anilines is 1. The van der Waals surface area contributed by atoms with Crippen LogP contribution in [0, 0.1) is 5.92 Å². The fourth-order valence-corrected chi connectivity index (χ4v) is 2.31. The van der Waals surface area contributed by atoms with E-state index in [2.05, 4.69) is 4.98 Å². The molecule has 0 radical (unpaired) electrons. The Balaban J connectivity index is 2.32. The van der Waals surface area contributed by atoms with Crippen LogP contribution >= 0.6 is 0 Å². The van der Waals surface area contributed by atoms with Gasteiger partial charge in [0, 0.05) is 37.5 Å². The number of fused-ring (bicyclic) bond motifs is 1. The maximum absolute atomic E-state index is 12.3. The molecule has 0 amide bonds. The summed E-state index contributed by atoms with van der Waals surface area (Å²) in [6.07, 6.45) is 2.33. The number of esters is 1. The summed E-state index contributed by atoms with van der Waals surface area (Å²) in [5, 5.41) is 9.74. The lowest BCUT2D eigenvalue weighted by atomic mass is 10.1. The first-order valence-corrected chi connectivity index (χ1v) is 7.90. The monoisotopic (exact) mass is 316 g/mol. The van der Waals surface area contributed by atoms with Crippen LogP contribution in [0.4, 0.5) is 5.69 Å². The number of aliphatic hydroxyl groups excluding tert-OH is 1. The Morgan fingerprint density at radius 2 is 2.13 bits per heavy atom. The Labute approximate surface area is 136 Å². The van der Waals surface area contributed by atoms with E-state index < -0.39 is 0 Å². The number of hydrogen-bond acceptors (Lipinski definition) is 5. The number of ether oxygens (including phenoxy) is 1. The summed E-state index contributed by atoms with van der Waals surface area (Å²) in [4.78, 5) is 18.7. The van der Waals surface area contributed by atoms with Crippen molar-refractivity contribution in [1.29, 1.82) is 0 Å². The Morgan fingerprint density at radius 1 is 1.35 bits per heavy atom. The van der Waals surface area contributed by atoms with Crippen LogP contribution in [-0.2, 0) is 4.74 Å². The lowest BCUT2D eigenvalue weighted by Gasteiger charge is -2.19. The van der Waals surface area contributed by atoms with Gasteiger partial charge in [0.25, 0.3) is 0 Å². The van der Waals surface area contributed by atoms with Crippen LogP contribution in [0.25, 0.3) is 10.9 Å². The zero-order valence-corrected chi connectivity index (χ0v) is 14.0. The SMILES string of the molecule is CC(C)COC(=O)c1ccnc2ccc(N(C)CCCO)cc12. The molecule has 23 heavy (non-hydrogen) atoms. The molecule has 2 aromatic rings. The number of rotatable bonds is 7. The quantitative estimate of drug-likeness (QED) is 0.796. The Morgan fingerprint density at radius 3 is 2.83 bits per heavy atom. The predicted molar refractivity (Wildman–Crippen MR) is 91.8 cm³/mol. The number of benzene rings is 1. The maximum Gasteiger partial charge on any atom is 0.338 e. The molecule has 0 aliphatic rings. The Bertz CT molecular complexity index is 670. The first-order chi connectivity index (χ1) is 11.0. The molecule has 0 atom stereocenters. The van der Waals surface area contributed by atoms with Gasteiger partial charge in [-0.05, 0) is 36.6 Å². The predicted octanol–water partition coefficient (Wildman–Crippen LogP) is 2.87. The average Bonchev–Trinajstić information content (AvgIpc) is 2.56. The van der Waals surface area contributed by atoms with Gasteiger partial charge in [-0.15, -0.1) is 0 Å². The summed E-state index contributed by atoms with van der Waals surface area (Å²) in [5.74, 6) is -0.0199. The third-order valence-electron chi connectivity index (χ3n) is 3.59. The van der Waals surface area contributed by atoms with Crippen molar-refractivity contribution in [2.75, 3.05) is 31.7 Å². The molecule has 0 fully saturated rings. The van der Waals surface area contributed by atoms with Gasteiger partial charge in [-0.2, -0.15) is 0 Å². The van der Waals surface area contributed by atoms with Gasteiger partial charge in [-0.25, -0.2) is 4.79 Å². The minimum Gasteiger partial charge on any atom is -0.462 e. The zero-order valence-electron chi connectivity index (χ0n) is 14.0. The molecule has 1 N–H and O–H groups in total. The molecule has 2 rings (SSSR count). The van der Waals surface area contributed by atoms with E-state index in [0.717, 1.165) is 23.1 Å². The second kappa shape index (κ2) is 7.92. The molecule has 0 aliphatic heterocycles. The second-order valence-electron chi connectivity index (χ2n) is 6.05. The number of pyridine rings is 1. The van der Waals surface area contributed by atoms with Crippen LogP contribution in [-0.4, -0.2) is 42.9 Å². The lowest BCUT2D eigenvalue weighted by molar-refractivity contribution is 0.0461. The highest BCUT2D eigenvalue weighted by atomic mass is 16.5. The standard InChI is InChI=1S/C18H24N2O3/c1-13(2)12-23-18(22)15-7-8-19-17-6-5-14(11-16(15)17)20(3)9-4-10-21/h5-8,11,13,21H,4,9-10,12H2,1-3H3. The third-order valence-corrected chi connectivity index (χ3v) is 3.59. The van der Waals surface area contributed by atoms with Crippen molar-refractivity contribution in [2.45, 2.75) is 20.3 Å². The molecule has 0 saturated heterocycles. The lowest BCUT2D eigenvalue weighted by Crippen LogP contribution is -2.19. The molecule has 0 unspecified atom stereocenters. The van der Waals surface area contributed by atoms with E-state index in [4.69, 9.17) is 9.84 Å². The highest BCUT2D eigenvalue weighted by Crippen LogP contribution is 2.24. The molecule has 0 aliphatic carbocycles. The van der Waals surface area contributed by atoms with Crippen molar-refractivity contribution in [1.82, 2.24) is 4.98 Å². The van der Waals surface area contributed by atoms with Crippen LogP contribution in [0.15, 0.2) is 30.5 Å². The largest absolute Gasteiger partial charge is 0.462 e. The van der Waals surface area contributed by atoms with Crippen LogP contribution in [0.2, 0.25) is 0 Å². The molecule has 5 nitrogen and oxygen atoms in total. The Hall–Kier alpha value is -2.14. The van der Waals surface area contributed by atoms with Gasteiger partial charge in [-0.1, -0.05) is 13.8 Å². The first-order valence-electron chi connectivity index (χ1n) is 7.90. The maximum atomic E-state index is 12.3. The van der Waals surface area contributed by atoms with Gasteiger partial charge in [0.05, 0.1) is 17.7 Å². The molecular weight excluding hydrogens is 292 g/mol. The number of aromatic nitrogens is 1. The van der Waals surface area contributed by atoms with Gasteiger partial charge < -0.3 is 14.7 Å². The van der Waals surface area contributed by atoms with Gasteiger partial charge in [0.1, 0.15) is 0 Å². The topological polar surface area (TPSA) is 62.7 Å². The Kier molecular flexibility index (Phi) is 5.93. The average molecular weight is 316 g/mol. The van der Waals surface area contributed by atoms with E-state index in [1.807, 2.05) is 44.0 Å². The summed E-state index contributed by atoms with van der Waals surface area (Å²) < 4.78 is 5.35. The van der Waals surface area contributed by atoms with Gasteiger partial charge in [0.2, 0.25) is 0 Å².